The lowest BCUT2D eigenvalue weighted by atomic mass is 10.1. The van der Waals surface area contributed by atoms with Crippen molar-refractivity contribution in [3.63, 3.8) is 0 Å². The number of morpholine rings is 1. The van der Waals surface area contributed by atoms with E-state index in [9.17, 15) is 4.79 Å². The predicted molar refractivity (Wildman–Crippen MR) is 77.5 cm³/mol. The second-order valence-electron chi connectivity index (χ2n) is 4.60. The summed E-state index contributed by atoms with van der Waals surface area (Å²) in [4.78, 5) is 11.9. The van der Waals surface area contributed by atoms with E-state index < -0.39 is 0 Å². The van der Waals surface area contributed by atoms with E-state index >= 15 is 0 Å². The molecule has 0 spiro atoms. The summed E-state index contributed by atoms with van der Waals surface area (Å²) in [6, 6.07) is 10.0. The van der Waals surface area contributed by atoms with E-state index in [1.807, 2.05) is 37.3 Å². The molecule has 0 aromatic heterocycles. The third-order valence-electron chi connectivity index (χ3n) is 3.09. The van der Waals surface area contributed by atoms with Crippen LogP contribution >= 0.6 is 12.4 Å². The molecule has 1 fully saturated rings. The highest BCUT2D eigenvalue weighted by Gasteiger charge is 2.18. The maximum Gasteiger partial charge on any atom is 0.223 e. The fraction of sp³-hybridized carbons (Fsp3) is 0.500. The van der Waals surface area contributed by atoms with E-state index in [-0.39, 0.29) is 30.5 Å². The fourth-order valence-electron chi connectivity index (χ4n) is 2.08. The van der Waals surface area contributed by atoms with Crippen LogP contribution in [0.2, 0.25) is 0 Å². The molecule has 1 aromatic carbocycles. The molecule has 0 saturated carbocycles. The van der Waals surface area contributed by atoms with E-state index in [0.29, 0.717) is 13.0 Å². The molecule has 1 aromatic rings. The van der Waals surface area contributed by atoms with Gasteiger partial charge in [-0.2, -0.15) is 0 Å². The van der Waals surface area contributed by atoms with Crippen molar-refractivity contribution in [3.05, 3.63) is 35.9 Å². The number of ether oxygens (including phenoxy) is 1. The summed E-state index contributed by atoms with van der Waals surface area (Å²) in [5.74, 6) is 0.0417. The maximum atomic E-state index is 11.9. The van der Waals surface area contributed by atoms with E-state index in [0.717, 1.165) is 18.7 Å². The molecule has 2 N–H and O–H groups in total. The highest BCUT2D eigenvalue weighted by molar-refractivity contribution is 5.85. The Labute approximate surface area is 120 Å². The molecule has 0 radical (unpaired) electrons. The largest absolute Gasteiger partial charge is 0.375 e. The summed E-state index contributed by atoms with van der Waals surface area (Å²) in [6.45, 7) is 4.31. The van der Waals surface area contributed by atoms with Gasteiger partial charge in [-0.15, -0.1) is 12.4 Å². The van der Waals surface area contributed by atoms with Crippen molar-refractivity contribution in [3.8, 4) is 0 Å². The van der Waals surface area contributed by atoms with Crippen LogP contribution in [0.4, 0.5) is 0 Å². The summed E-state index contributed by atoms with van der Waals surface area (Å²) in [7, 11) is 0. The molecule has 1 aliphatic rings. The lowest BCUT2D eigenvalue weighted by Gasteiger charge is -2.24. The summed E-state index contributed by atoms with van der Waals surface area (Å²) in [5, 5.41) is 6.22. The number of carbonyl (C=O) groups is 1. The van der Waals surface area contributed by atoms with Crippen molar-refractivity contribution in [2.75, 3.05) is 19.7 Å². The first kappa shape index (κ1) is 16.0. The van der Waals surface area contributed by atoms with Crippen LogP contribution in [0.1, 0.15) is 24.9 Å². The molecule has 0 aliphatic carbocycles. The predicted octanol–water partition coefficient (Wildman–Crippen LogP) is 1.66. The van der Waals surface area contributed by atoms with Gasteiger partial charge in [0.2, 0.25) is 5.91 Å². The summed E-state index contributed by atoms with van der Waals surface area (Å²) in [5.41, 5.74) is 1.12. The van der Waals surface area contributed by atoms with Crippen molar-refractivity contribution in [1.82, 2.24) is 10.6 Å². The van der Waals surface area contributed by atoms with Gasteiger partial charge in [-0.3, -0.25) is 4.79 Å². The van der Waals surface area contributed by atoms with Crippen LogP contribution in [-0.4, -0.2) is 31.7 Å². The zero-order valence-corrected chi connectivity index (χ0v) is 11.9. The molecule has 1 amide bonds. The minimum absolute atomic E-state index is 0. The Hall–Kier alpha value is -1.10. The highest BCUT2D eigenvalue weighted by Crippen LogP contribution is 2.12. The van der Waals surface area contributed by atoms with Gasteiger partial charge in [0.1, 0.15) is 0 Å². The fourth-order valence-corrected chi connectivity index (χ4v) is 2.08. The normalized spacial score (nSPS) is 20.2. The zero-order chi connectivity index (χ0) is 12.8. The number of amides is 1. The number of hydrogen-bond acceptors (Lipinski definition) is 3. The Morgan fingerprint density at radius 3 is 2.84 bits per heavy atom. The minimum atomic E-state index is 0. The Morgan fingerprint density at radius 2 is 2.21 bits per heavy atom. The number of benzene rings is 1. The van der Waals surface area contributed by atoms with Gasteiger partial charge < -0.3 is 15.4 Å². The maximum absolute atomic E-state index is 11.9. The van der Waals surface area contributed by atoms with Crippen molar-refractivity contribution in [1.29, 1.82) is 0 Å². The van der Waals surface area contributed by atoms with Gasteiger partial charge in [-0.1, -0.05) is 30.3 Å². The molecule has 1 saturated heterocycles. The molecule has 19 heavy (non-hydrogen) atoms. The average molecular weight is 285 g/mol. The lowest BCUT2D eigenvalue weighted by Crippen LogP contribution is -2.41. The van der Waals surface area contributed by atoms with Crippen molar-refractivity contribution in [2.45, 2.75) is 25.5 Å². The van der Waals surface area contributed by atoms with Crippen LogP contribution in [0.3, 0.4) is 0 Å². The van der Waals surface area contributed by atoms with Gasteiger partial charge in [0.05, 0.1) is 25.2 Å². The monoisotopic (exact) mass is 284 g/mol. The number of nitrogens with one attached hydrogen (secondary N) is 2. The van der Waals surface area contributed by atoms with Gasteiger partial charge in [-0.05, 0) is 12.5 Å². The quantitative estimate of drug-likeness (QED) is 0.884. The third kappa shape index (κ3) is 5.19. The molecule has 2 atom stereocenters. The molecule has 1 aliphatic heterocycles. The Bertz CT molecular complexity index is 380. The van der Waals surface area contributed by atoms with Crippen LogP contribution in [-0.2, 0) is 9.53 Å². The molecule has 1 heterocycles. The number of hydrogen-bond donors (Lipinski definition) is 2. The smallest absolute Gasteiger partial charge is 0.223 e. The molecular formula is C14H21ClN2O2. The third-order valence-corrected chi connectivity index (χ3v) is 3.09. The molecule has 0 bridgehead atoms. The second-order valence-corrected chi connectivity index (χ2v) is 4.60. The molecule has 106 valence electrons. The van der Waals surface area contributed by atoms with Gasteiger partial charge in [0.15, 0.2) is 0 Å². The van der Waals surface area contributed by atoms with Crippen LogP contribution in [0.15, 0.2) is 30.3 Å². The molecule has 5 heteroatoms. The minimum Gasteiger partial charge on any atom is -0.375 e. The van der Waals surface area contributed by atoms with E-state index in [1.165, 1.54) is 0 Å². The molecular weight excluding hydrogens is 264 g/mol. The van der Waals surface area contributed by atoms with Crippen molar-refractivity contribution < 1.29 is 9.53 Å². The average Bonchev–Trinajstić information content (AvgIpc) is 2.40. The van der Waals surface area contributed by atoms with E-state index in [1.54, 1.807) is 0 Å². The van der Waals surface area contributed by atoms with Crippen molar-refractivity contribution in [2.24, 2.45) is 0 Å². The summed E-state index contributed by atoms with van der Waals surface area (Å²) >= 11 is 0. The molecule has 4 nitrogen and oxygen atoms in total. The van der Waals surface area contributed by atoms with Crippen LogP contribution in [0.5, 0.6) is 0 Å². The topological polar surface area (TPSA) is 50.4 Å². The van der Waals surface area contributed by atoms with Gasteiger partial charge in [0, 0.05) is 13.1 Å². The van der Waals surface area contributed by atoms with E-state index in [4.69, 9.17) is 4.74 Å². The summed E-state index contributed by atoms with van der Waals surface area (Å²) < 4.78 is 5.51. The Kier molecular flexibility index (Phi) is 6.84. The Balaban J connectivity index is 0.00000180. The lowest BCUT2D eigenvalue weighted by molar-refractivity contribution is -0.125. The van der Waals surface area contributed by atoms with Gasteiger partial charge >= 0.3 is 0 Å². The zero-order valence-electron chi connectivity index (χ0n) is 11.1. The SMILES string of the molecule is C[C@@H](NC(=O)CC1CNCCO1)c1ccccc1.Cl. The van der Waals surface area contributed by atoms with Crippen LogP contribution in [0, 0.1) is 0 Å². The number of carbonyl (C=O) groups excluding carboxylic acids is 1. The van der Waals surface area contributed by atoms with Crippen molar-refractivity contribution >= 4 is 18.3 Å². The molecule has 1 unspecified atom stereocenters. The van der Waals surface area contributed by atoms with Gasteiger partial charge in [-0.25, -0.2) is 0 Å². The number of rotatable bonds is 4. The Morgan fingerprint density at radius 1 is 1.47 bits per heavy atom. The first-order valence-electron chi connectivity index (χ1n) is 6.42. The van der Waals surface area contributed by atoms with E-state index in [2.05, 4.69) is 10.6 Å². The summed E-state index contributed by atoms with van der Waals surface area (Å²) in [6.07, 6.45) is 0.422. The second kappa shape index (κ2) is 8.15. The molecule has 2 rings (SSSR count). The first-order valence-corrected chi connectivity index (χ1v) is 6.42. The first-order chi connectivity index (χ1) is 8.75. The highest BCUT2D eigenvalue weighted by atomic mass is 35.5. The number of halogens is 1. The standard InChI is InChI=1S/C14H20N2O2.ClH/c1-11(12-5-3-2-4-6-12)16-14(17)9-13-10-15-7-8-18-13;/h2-6,11,13,15H,7-10H2,1H3,(H,16,17);1H/t11-,13?;/m1./s1. The van der Waals surface area contributed by atoms with Crippen LogP contribution in [0.25, 0.3) is 0 Å². The van der Waals surface area contributed by atoms with Gasteiger partial charge in [0.25, 0.3) is 0 Å². The van der Waals surface area contributed by atoms with Crippen LogP contribution < -0.4 is 10.6 Å².